The normalized spacial score (nSPS) is 21.2. The van der Waals surface area contributed by atoms with Crippen molar-refractivity contribution in [3.8, 4) is 0 Å². The minimum absolute atomic E-state index is 0.0116. The Morgan fingerprint density at radius 2 is 2.14 bits per heavy atom. The summed E-state index contributed by atoms with van der Waals surface area (Å²) >= 11 is 1.89. The number of benzene rings is 1. The van der Waals surface area contributed by atoms with Crippen molar-refractivity contribution in [2.45, 2.75) is 50.1 Å². The fraction of sp³-hybridized carbons (Fsp3) is 0.625. The van der Waals surface area contributed by atoms with Gasteiger partial charge in [0.15, 0.2) is 0 Å². The molecule has 0 amide bonds. The topological polar surface area (TPSA) is 12.0 Å². The average molecular weight is 317 g/mol. The fourth-order valence-corrected chi connectivity index (χ4v) is 4.15. The first-order valence-electron chi connectivity index (χ1n) is 7.54. The van der Waals surface area contributed by atoms with E-state index < -0.39 is 11.7 Å². The van der Waals surface area contributed by atoms with E-state index >= 15 is 0 Å². The molecule has 1 aromatic rings. The van der Waals surface area contributed by atoms with Gasteiger partial charge in [-0.05, 0) is 49.3 Å². The molecule has 2 unspecified atom stereocenters. The maximum absolute atomic E-state index is 12.9. The molecule has 1 aromatic carbocycles. The molecule has 0 radical (unpaired) electrons. The quantitative estimate of drug-likeness (QED) is 0.817. The highest BCUT2D eigenvalue weighted by molar-refractivity contribution is 8.00. The van der Waals surface area contributed by atoms with Crippen molar-refractivity contribution >= 4 is 11.8 Å². The van der Waals surface area contributed by atoms with E-state index in [1.807, 2.05) is 17.8 Å². The summed E-state index contributed by atoms with van der Waals surface area (Å²) in [5, 5.41) is 3.82. The smallest absolute Gasteiger partial charge is 0.309 e. The zero-order valence-electron chi connectivity index (χ0n) is 12.2. The molecule has 1 heterocycles. The largest absolute Gasteiger partial charge is 0.416 e. The molecule has 21 heavy (non-hydrogen) atoms. The van der Waals surface area contributed by atoms with Crippen molar-refractivity contribution in [1.29, 1.82) is 0 Å². The number of hydrogen-bond donors (Lipinski definition) is 1. The SMILES string of the molecule is CCCNC(c1cccc(C(F)(F)F)c1)C1CCCCS1. The summed E-state index contributed by atoms with van der Waals surface area (Å²) in [6.07, 6.45) is 0.158. The third kappa shape index (κ3) is 4.65. The minimum Gasteiger partial charge on any atom is -0.309 e. The number of alkyl halides is 3. The van der Waals surface area contributed by atoms with E-state index in [1.54, 1.807) is 0 Å². The van der Waals surface area contributed by atoms with Crippen LogP contribution in [-0.4, -0.2) is 17.5 Å². The van der Waals surface area contributed by atoms with Crippen LogP contribution >= 0.6 is 11.8 Å². The summed E-state index contributed by atoms with van der Waals surface area (Å²) in [6.45, 7) is 2.90. The zero-order chi connectivity index (χ0) is 15.3. The van der Waals surface area contributed by atoms with Gasteiger partial charge in [0.05, 0.1) is 5.56 Å². The van der Waals surface area contributed by atoms with Gasteiger partial charge in [0, 0.05) is 11.3 Å². The van der Waals surface area contributed by atoms with Gasteiger partial charge in [0.1, 0.15) is 0 Å². The summed E-state index contributed by atoms with van der Waals surface area (Å²) in [7, 11) is 0. The van der Waals surface area contributed by atoms with Crippen LogP contribution in [0.25, 0.3) is 0 Å². The zero-order valence-corrected chi connectivity index (χ0v) is 13.1. The molecule has 0 spiro atoms. The first-order valence-corrected chi connectivity index (χ1v) is 8.59. The van der Waals surface area contributed by atoms with Crippen LogP contribution in [0.4, 0.5) is 13.2 Å². The van der Waals surface area contributed by atoms with Crippen molar-refractivity contribution in [2.24, 2.45) is 0 Å². The van der Waals surface area contributed by atoms with Crippen LogP contribution < -0.4 is 5.32 Å². The summed E-state index contributed by atoms with van der Waals surface area (Å²) in [6, 6.07) is 5.80. The molecule has 1 saturated heterocycles. The van der Waals surface area contributed by atoms with E-state index in [2.05, 4.69) is 12.2 Å². The molecule has 5 heteroatoms. The fourth-order valence-electron chi connectivity index (χ4n) is 2.70. The molecule has 1 N–H and O–H groups in total. The van der Waals surface area contributed by atoms with Crippen LogP contribution in [0.3, 0.4) is 0 Å². The van der Waals surface area contributed by atoms with E-state index in [1.165, 1.54) is 25.0 Å². The molecule has 0 saturated carbocycles. The van der Waals surface area contributed by atoms with E-state index in [0.29, 0.717) is 5.25 Å². The van der Waals surface area contributed by atoms with Crippen molar-refractivity contribution < 1.29 is 13.2 Å². The standard InChI is InChI=1S/C16H22F3NS/c1-2-9-20-15(14-8-3-4-10-21-14)12-6-5-7-13(11-12)16(17,18)19/h5-7,11,14-15,20H,2-4,8-10H2,1H3. The summed E-state index contributed by atoms with van der Waals surface area (Å²) in [5.74, 6) is 1.11. The van der Waals surface area contributed by atoms with Gasteiger partial charge in [-0.3, -0.25) is 0 Å². The summed E-state index contributed by atoms with van der Waals surface area (Å²) < 4.78 is 38.7. The van der Waals surface area contributed by atoms with E-state index in [9.17, 15) is 13.2 Å². The highest BCUT2D eigenvalue weighted by atomic mass is 32.2. The highest BCUT2D eigenvalue weighted by Gasteiger charge is 2.32. The first kappa shape index (κ1) is 16.7. The molecule has 1 nitrogen and oxygen atoms in total. The molecule has 1 aliphatic rings. The van der Waals surface area contributed by atoms with Crippen LogP contribution in [0.1, 0.15) is 49.8 Å². The Hall–Kier alpha value is -0.680. The Labute approximate surface area is 128 Å². The molecule has 0 aromatic heterocycles. The van der Waals surface area contributed by atoms with E-state index in [-0.39, 0.29) is 6.04 Å². The molecular formula is C16H22F3NS. The van der Waals surface area contributed by atoms with E-state index in [4.69, 9.17) is 0 Å². The predicted octanol–water partition coefficient (Wildman–Crippen LogP) is 5.03. The molecule has 2 atom stereocenters. The lowest BCUT2D eigenvalue weighted by molar-refractivity contribution is -0.137. The third-order valence-corrected chi connectivity index (χ3v) is 5.23. The maximum atomic E-state index is 12.9. The predicted molar refractivity (Wildman–Crippen MR) is 82.6 cm³/mol. The third-order valence-electron chi connectivity index (χ3n) is 3.77. The molecule has 118 valence electrons. The lowest BCUT2D eigenvalue weighted by Gasteiger charge is -2.31. The van der Waals surface area contributed by atoms with Crippen molar-refractivity contribution in [2.75, 3.05) is 12.3 Å². The van der Waals surface area contributed by atoms with Gasteiger partial charge in [-0.15, -0.1) is 0 Å². The monoisotopic (exact) mass is 317 g/mol. The van der Waals surface area contributed by atoms with Gasteiger partial charge < -0.3 is 5.32 Å². The van der Waals surface area contributed by atoms with Gasteiger partial charge in [0.25, 0.3) is 0 Å². The molecular weight excluding hydrogens is 295 g/mol. The Morgan fingerprint density at radius 1 is 1.33 bits per heavy atom. The number of thioether (sulfide) groups is 1. The van der Waals surface area contributed by atoms with Gasteiger partial charge in [-0.25, -0.2) is 0 Å². The van der Waals surface area contributed by atoms with Crippen LogP contribution in [-0.2, 0) is 6.18 Å². The Kier molecular flexibility index (Phi) is 5.99. The number of rotatable bonds is 5. The van der Waals surface area contributed by atoms with E-state index in [0.717, 1.165) is 36.8 Å². The second-order valence-corrected chi connectivity index (χ2v) is 6.81. The minimum atomic E-state index is -4.27. The second-order valence-electron chi connectivity index (χ2n) is 5.46. The molecule has 2 rings (SSSR count). The van der Waals surface area contributed by atoms with Gasteiger partial charge >= 0.3 is 6.18 Å². The molecule has 0 aliphatic carbocycles. The van der Waals surface area contributed by atoms with Crippen LogP contribution in [0.5, 0.6) is 0 Å². The Balaban J connectivity index is 2.22. The second kappa shape index (κ2) is 7.54. The van der Waals surface area contributed by atoms with Crippen LogP contribution in [0.15, 0.2) is 24.3 Å². The first-order chi connectivity index (χ1) is 10.0. The molecule has 1 fully saturated rings. The van der Waals surface area contributed by atoms with Gasteiger partial charge in [-0.2, -0.15) is 24.9 Å². The lowest BCUT2D eigenvalue weighted by Crippen LogP contribution is -2.32. The Bertz CT molecular complexity index is 441. The van der Waals surface area contributed by atoms with Crippen molar-refractivity contribution in [3.05, 3.63) is 35.4 Å². The van der Waals surface area contributed by atoms with Gasteiger partial charge in [0.2, 0.25) is 0 Å². The number of nitrogens with one attached hydrogen (secondary N) is 1. The number of hydrogen-bond acceptors (Lipinski definition) is 2. The summed E-state index contributed by atoms with van der Waals surface area (Å²) in [4.78, 5) is 0. The molecule has 1 aliphatic heterocycles. The van der Waals surface area contributed by atoms with Crippen LogP contribution in [0, 0.1) is 0 Å². The molecule has 0 bridgehead atoms. The number of halogens is 3. The van der Waals surface area contributed by atoms with Gasteiger partial charge in [-0.1, -0.05) is 25.5 Å². The summed E-state index contributed by atoms with van der Waals surface area (Å²) in [5.41, 5.74) is 0.210. The maximum Gasteiger partial charge on any atom is 0.416 e. The van der Waals surface area contributed by atoms with Crippen molar-refractivity contribution in [1.82, 2.24) is 5.32 Å². The Morgan fingerprint density at radius 3 is 2.76 bits per heavy atom. The van der Waals surface area contributed by atoms with Crippen molar-refractivity contribution in [3.63, 3.8) is 0 Å². The average Bonchev–Trinajstić information content (AvgIpc) is 2.48. The van der Waals surface area contributed by atoms with Crippen LogP contribution in [0.2, 0.25) is 0 Å². The highest BCUT2D eigenvalue weighted by Crippen LogP contribution is 2.37. The lowest BCUT2D eigenvalue weighted by atomic mass is 9.97.